The Hall–Kier alpha value is -2.42. The summed E-state index contributed by atoms with van der Waals surface area (Å²) in [5.74, 6) is 0.565. The van der Waals surface area contributed by atoms with Crippen LogP contribution in [0.15, 0.2) is 28.7 Å². The number of non-ortho nitro benzene ring substituents is 1. The minimum absolute atomic E-state index is 0.00755. The standard InChI is InChI=1S/C14H15N3O5S/c1-3-21-12(18)8-23-9(2)13-15-16-14(22-13)10-4-6-11(7-5-10)17(19)20/h4-7,9H,3,8H2,1-2H3/t9-/m0/s1. The monoisotopic (exact) mass is 337 g/mol. The van der Waals surface area contributed by atoms with Gasteiger partial charge in [-0.2, -0.15) is 0 Å². The van der Waals surface area contributed by atoms with Gasteiger partial charge >= 0.3 is 5.97 Å². The molecule has 0 amide bonds. The Balaban J connectivity index is 2.02. The average molecular weight is 337 g/mol. The van der Waals surface area contributed by atoms with Crippen LogP contribution < -0.4 is 0 Å². The maximum absolute atomic E-state index is 11.3. The number of hydrogen-bond acceptors (Lipinski definition) is 8. The smallest absolute Gasteiger partial charge is 0.315 e. The molecule has 2 aromatic rings. The molecule has 0 bridgehead atoms. The maximum atomic E-state index is 11.3. The van der Waals surface area contributed by atoms with Gasteiger partial charge in [-0.15, -0.1) is 22.0 Å². The molecule has 1 aromatic carbocycles. The van der Waals surface area contributed by atoms with Crippen LogP contribution in [0, 0.1) is 10.1 Å². The van der Waals surface area contributed by atoms with E-state index in [0.29, 0.717) is 18.1 Å². The normalized spacial score (nSPS) is 11.9. The number of benzene rings is 1. The van der Waals surface area contributed by atoms with Gasteiger partial charge in [-0.1, -0.05) is 0 Å². The van der Waals surface area contributed by atoms with Crippen LogP contribution in [-0.2, 0) is 9.53 Å². The van der Waals surface area contributed by atoms with Crippen molar-refractivity contribution in [1.82, 2.24) is 10.2 Å². The largest absolute Gasteiger partial charge is 0.465 e. The first-order chi connectivity index (χ1) is 11.0. The number of nitrogens with zero attached hydrogens (tertiary/aromatic N) is 3. The molecule has 2 rings (SSSR count). The summed E-state index contributed by atoms with van der Waals surface area (Å²) < 4.78 is 10.4. The molecular formula is C14H15N3O5S. The average Bonchev–Trinajstić information content (AvgIpc) is 3.03. The zero-order valence-corrected chi connectivity index (χ0v) is 13.4. The van der Waals surface area contributed by atoms with Gasteiger partial charge in [0, 0.05) is 17.7 Å². The minimum Gasteiger partial charge on any atom is -0.465 e. The number of carbonyl (C=O) groups is 1. The van der Waals surface area contributed by atoms with Crippen LogP contribution in [-0.4, -0.2) is 33.4 Å². The molecule has 0 saturated heterocycles. The van der Waals surface area contributed by atoms with Crippen molar-refractivity contribution >= 4 is 23.4 Å². The number of aromatic nitrogens is 2. The number of thioether (sulfide) groups is 1. The Morgan fingerprint density at radius 2 is 2.09 bits per heavy atom. The first-order valence-corrected chi connectivity index (χ1v) is 7.91. The minimum atomic E-state index is -0.475. The van der Waals surface area contributed by atoms with Crippen LogP contribution in [0.1, 0.15) is 25.0 Å². The fourth-order valence-electron chi connectivity index (χ4n) is 1.71. The summed E-state index contributed by atoms with van der Waals surface area (Å²) in [6.07, 6.45) is 0. The van der Waals surface area contributed by atoms with Gasteiger partial charge in [0.15, 0.2) is 0 Å². The van der Waals surface area contributed by atoms with Crippen LogP contribution >= 0.6 is 11.8 Å². The number of hydrogen-bond donors (Lipinski definition) is 0. The molecule has 122 valence electrons. The van der Waals surface area contributed by atoms with E-state index in [1.165, 1.54) is 23.9 Å². The Bertz CT molecular complexity index is 686. The lowest BCUT2D eigenvalue weighted by Gasteiger charge is -2.05. The van der Waals surface area contributed by atoms with Crippen molar-refractivity contribution < 1.29 is 18.9 Å². The lowest BCUT2D eigenvalue weighted by Crippen LogP contribution is -2.07. The van der Waals surface area contributed by atoms with Crippen molar-refractivity contribution in [3.63, 3.8) is 0 Å². The first-order valence-electron chi connectivity index (χ1n) is 6.86. The fourth-order valence-corrected chi connectivity index (χ4v) is 2.42. The summed E-state index contributed by atoms with van der Waals surface area (Å²) >= 11 is 1.33. The number of nitro benzene ring substituents is 1. The van der Waals surface area contributed by atoms with Gasteiger partial charge in [-0.25, -0.2) is 0 Å². The lowest BCUT2D eigenvalue weighted by atomic mass is 10.2. The number of ether oxygens (including phenoxy) is 1. The van der Waals surface area contributed by atoms with E-state index < -0.39 is 4.92 Å². The third-order valence-corrected chi connectivity index (χ3v) is 3.97. The van der Waals surface area contributed by atoms with Crippen molar-refractivity contribution in [3.8, 4) is 11.5 Å². The molecule has 1 atom stereocenters. The first kappa shape index (κ1) is 16.9. The van der Waals surface area contributed by atoms with Crippen LogP contribution in [0.2, 0.25) is 0 Å². The van der Waals surface area contributed by atoms with Crippen LogP contribution in [0.3, 0.4) is 0 Å². The van der Waals surface area contributed by atoms with E-state index in [0.717, 1.165) is 0 Å². The van der Waals surface area contributed by atoms with Crippen molar-refractivity contribution in [2.24, 2.45) is 0 Å². The van der Waals surface area contributed by atoms with E-state index in [1.807, 2.05) is 6.92 Å². The molecule has 0 aliphatic heterocycles. The molecular weight excluding hydrogens is 322 g/mol. The third kappa shape index (κ3) is 4.52. The summed E-state index contributed by atoms with van der Waals surface area (Å²) in [7, 11) is 0. The predicted octanol–water partition coefficient (Wildman–Crippen LogP) is 3.00. The quantitative estimate of drug-likeness (QED) is 0.431. The molecule has 0 spiro atoms. The van der Waals surface area contributed by atoms with Crippen LogP contribution in [0.5, 0.6) is 0 Å². The second-order valence-corrected chi connectivity index (χ2v) is 5.84. The Kier molecular flexibility index (Phi) is 5.69. The highest BCUT2D eigenvalue weighted by Gasteiger charge is 2.17. The molecule has 8 nitrogen and oxygen atoms in total. The van der Waals surface area contributed by atoms with E-state index in [4.69, 9.17) is 9.15 Å². The number of rotatable bonds is 7. The second-order valence-electron chi connectivity index (χ2n) is 4.51. The molecule has 1 heterocycles. The fraction of sp³-hybridized carbons (Fsp3) is 0.357. The second kappa shape index (κ2) is 7.73. The van der Waals surface area contributed by atoms with Crippen molar-refractivity contribution in [2.45, 2.75) is 19.1 Å². The molecule has 23 heavy (non-hydrogen) atoms. The zero-order chi connectivity index (χ0) is 16.8. The van der Waals surface area contributed by atoms with Crippen molar-refractivity contribution in [3.05, 3.63) is 40.3 Å². The van der Waals surface area contributed by atoms with Gasteiger partial charge in [0.25, 0.3) is 5.69 Å². The van der Waals surface area contributed by atoms with Gasteiger partial charge in [0.2, 0.25) is 11.8 Å². The molecule has 0 fully saturated rings. The number of esters is 1. The summed E-state index contributed by atoms with van der Waals surface area (Å²) in [6.45, 7) is 3.94. The molecule has 0 aliphatic carbocycles. The van der Waals surface area contributed by atoms with Crippen molar-refractivity contribution in [1.29, 1.82) is 0 Å². The van der Waals surface area contributed by atoms with Gasteiger partial charge in [0.05, 0.1) is 22.5 Å². The number of nitro groups is 1. The Morgan fingerprint density at radius 3 is 2.70 bits per heavy atom. The molecule has 9 heteroatoms. The SMILES string of the molecule is CCOC(=O)CS[C@@H](C)c1nnc(-c2ccc([N+](=O)[O-])cc2)o1. The molecule has 1 aromatic heterocycles. The highest BCUT2D eigenvalue weighted by molar-refractivity contribution is 8.00. The summed E-state index contributed by atoms with van der Waals surface area (Å²) in [4.78, 5) is 21.5. The third-order valence-electron chi connectivity index (χ3n) is 2.87. The highest BCUT2D eigenvalue weighted by atomic mass is 32.2. The van der Waals surface area contributed by atoms with Gasteiger partial charge in [-0.05, 0) is 26.0 Å². The lowest BCUT2D eigenvalue weighted by molar-refractivity contribution is -0.384. The van der Waals surface area contributed by atoms with Crippen LogP contribution in [0.4, 0.5) is 5.69 Å². The number of carbonyl (C=O) groups excluding carboxylic acids is 1. The van der Waals surface area contributed by atoms with E-state index in [1.54, 1.807) is 19.1 Å². The van der Waals surface area contributed by atoms with E-state index in [9.17, 15) is 14.9 Å². The zero-order valence-electron chi connectivity index (χ0n) is 12.6. The van der Waals surface area contributed by atoms with Crippen LogP contribution in [0.25, 0.3) is 11.5 Å². The Labute approximate surface area is 136 Å². The van der Waals surface area contributed by atoms with E-state index >= 15 is 0 Å². The van der Waals surface area contributed by atoms with Gasteiger partial charge < -0.3 is 9.15 Å². The molecule has 0 saturated carbocycles. The molecule has 0 N–H and O–H groups in total. The van der Waals surface area contributed by atoms with Gasteiger partial charge in [0.1, 0.15) is 0 Å². The summed E-state index contributed by atoms with van der Waals surface area (Å²) in [6, 6.07) is 5.84. The molecule has 0 aliphatic rings. The maximum Gasteiger partial charge on any atom is 0.315 e. The molecule has 0 unspecified atom stereocenters. The van der Waals surface area contributed by atoms with Gasteiger partial charge in [-0.3, -0.25) is 14.9 Å². The molecule has 0 radical (unpaired) electrons. The topological polar surface area (TPSA) is 108 Å². The summed E-state index contributed by atoms with van der Waals surface area (Å²) in [5, 5.41) is 18.3. The van der Waals surface area contributed by atoms with E-state index in [2.05, 4.69) is 10.2 Å². The van der Waals surface area contributed by atoms with E-state index in [-0.39, 0.29) is 28.6 Å². The predicted molar refractivity (Wildman–Crippen MR) is 83.9 cm³/mol. The van der Waals surface area contributed by atoms with Crippen molar-refractivity contribution in [2.75, 3.05) is 12.4 Å². The highest BCUT2D eigenvalue weighted by Crippen LogP contribution is 2.29. The Morgan fingerprint density at radius 1 is 1.39 bits per heavy atom. The summed E-state index contributed by atoms with van der Waals surface area (Å²) in [5.41, 5.74) is 0.587.